The van der Waals surface area contributed by atoms with Crippen LogP contribution in [-0.4, -0.2) is 41.6 Å². The Hall–Kier alpha value is -4.44. The van der Waals surface area contributed by atoms with E-state index in [2.05, 4.69) is 4.98 Å². The van der Waals surface area contributed by atoms with Crippen molar-refractivity contribution >= 4 is 44.1 Å². The fraction of sp³-hybridized carbons (Fsp3) is 0.281. The number of aliphatic hydroxyl groups excluding tert-OH is 1. The molecule has 5 rings (SSSR count). The molecule has 10 heteroatoms. The van der Waals surface area contributed by atoms with E-state index < -0.39 is 23.5 Å². The first-order valence-electron chi connectivity index (χ1n) is 13.9. The van der Waals surface area contributed by atoms with Crippen LogP contribution in [0.3, 0.4) is 0 Å². The molecule has 1 N–H and O–H groups in total. The number of benzene rings is 3. The molecule has 218 valence electrons. The van der Waals surface area contributed by atoms with Gasteiger partial charge in [0.15, 0.2) is 16.6 Å². The molecule has 0 spiro atoms. The van der Waals surface area contributed by atoms with Gasteiger partial charge in [0.05, 0.1) is 41.7 Å². The Bertz CT molecular complexity index is 1650. The highest BCUT2D eigenvalue weighted by Crippen LogP contribution is 2.46. The number of hydrogen-bond acceptors (Lipinski definition) is 8. The zero-order valence-electron chi connectivity index (χ0n) is 23.6. The molecule has 1 amide bonds. The molecule has 0 saturated carbocycles. The average molecular weight is 591 g/mol. The molecule has 0 bridgehead atoms. The van der Waals surface area contributed by atoms with Gasteiger partial charge in [-0.2, -0.15) is 0 Å². The predicted molar refractivity (Wildman–Crippen MR) is 160 cm³/mol. The third-order valence-electron chi connectivity index (χ3n) is 6.64. The summed E-state index contributed by atoms with van der Waals surface area (Å²) in [5.74, 6) is -0.899. The summed E-state index contributed by atoms with van der Waals surface area (Å²) in [5, 5.41) is 11.7. The van der Waals surface area contributed by atoms with Crippen molar-refractivity contribution < 1.29 is 33.3 Å². The van der Waals surface area contributed by atoms with Gasteiger partial charge in [-0.15, -0.1) is 0 Å². The molecule has 0 radical (unpaired) electrons. The first kappa shape index (κ1) is 29.1. The van der Waals surface area contributed by atoms with Gasteiger partial charge < -0.3 is 19.3 Å². The van der Waals surface area contributed by atoms with Crippen molar-refractivity contribution in [2.75, 3.05) is 24.7 Å². The van der Waals surface area contributed by atoms with Gasteiger partial charge in [-0.25, -0.2) is 9.37 Å². The predicted octanol–water partition coefficient (Wildman–Crippen LogP) is 7.04. The van der Waals surface area contributed by atoms with Crippen molar-refractivity contribution in [3.8, 4) is 17.2 Å². The molecule has 0 aliphatic carbocycles. The van der Waals surface area contributed by atoms with Crippen molar-refractivity contribution in [3.63, 3.8) is 0 Å². The van der Waals surface area contributed by atoms with Crippen LogP contribution in [0, 0.1) is 5.82 Å². The number of aliphatic hydroxyl groups is 1. The van der Waals surface area contributed by atoms with Gasteiger partial charge in [0.25, 0.3) is 5.78 Å². The van der Waals surface area contributed by atoms with Gasteiger partial charge in [-0.1, -0.05) is 31.3 Å². The minimum atomic E-state index is -1.04. The third-order valence-corrected chi connectivity index (χ3v) is 7.65. The molecule has 1 fully saturated rings. The van der Waals surface area contributed by atoms with E-state index in [9.17, 15) is 19.1 Å². The fourth-order valence-electron chi connectivity index (χ4n) is 4.71. The largest absolute Gasteiger partial charge is 0.507 e. The number of carbonyl (C=O) groups is 2. The topological polar surface area (TPSA) is 98.2 Å². The summed E-state index contributed by atoms with van der Waals surface area (Å²) >= 11 is 1.09. The average Bonchev–Trinajstić information content (AvgIpc) is 3.52. The fourth-order valence-corrected chi connectivity index (χ4v) is 5.73. The van der Waals surface area contributed by atoms with Crippen LogP contribution < -0.4 is 19.1 Å². The van der Waals surface area contributed by atoms with E-state index in [1.54, 1.807) is 42.5 Å². The lowest BCUT2D eigenvalue weighted by molar-refractivity contribution is -0.132. The van der Waals surface area contributed by atoms with E-state index >= 15 is 0 Å². The lowest BCUT2D eigenvalue weighted by atomic mass is 9.95. The van der Waals surface area contributed by atoms with Crippen LogP contribution in [0.5, 0.6) is 17.2 Å². The zero-order valence-corrected chi connectivity index (χ0v) is 24.4. The molecule has 4 aromatic rings. The minimum absolute atomic E-state index is 0.0997. The Morgan fingerprint density at radius 3 is 2.38 bits per heavy atom. The third kappa shape index (κ3) is 5.67. The van der Waals surface area contributed by atoms with Gasteiger partial charge in [0, 0.05) is 5.56 Å². The second kappa shape index (κ2) is 12.6. The highest BCUT2D eigenvalue weighted by Gasteiger charge is 2.48. The molecule has 8 nitrogen and oxygen atoms in total. The van der Waals surface area contributed by atoms with E-state index in [1.165, 1.54) is 23.1 Å². The van der Waals surface area contributed by atoms with Crippen molar-refractivity contribution in [1.82, 2.24) is 4.98 Å². The summed E-state index contributed by atoms with van der Waals surface area (Å²) in [6, 6.07) is 14.9. The number of thiazole rings is 1. The van der Waals surface area contributed by atoms with Crippen molar-refractivity contribution in [2.45, 2.75) is 39.7 Å². The number of hydrogen-bond donors (Lipinski definition) is 1. The Morgan fingerprint density at radius 2 is 1.67 bits per heavy atom. The number of halogens is 1. The van der Waals surface area contributed by atoms with Crippen LogP contribution in [0.2, 0.25) is 0 Å². The maximum absolute atomic E-state index is 14.0. The first-order chi connectivity index (χ1) is 20.4. The van der Waals surface area contributed by atoms with Gasteiger partial charge in [0.2, 0.25) is 0 Å². The molecule has 2 heterocycles. The number of aromatic nitrogens is 1. The number of amides is 1. The second-order valence-corrected chi connectivity index (χ2v) is 10.6. The number of carbonyl (C=O) groups excluding carboxylic acids is 2. The number of ketones is 1. The first-order valence-corrected chi connectivity index (χ1v) is 14.7. The summed E-state index contributed by atoms with van der Waals surface area (Å²) in [6.45, 7) is 7.23. The molecule has 3 aromatic carbocycles. The highest BCUT2D eigenvalue weighted by molar-refractivity contribution is 7.22. The number of rotatable bonds is 11. The molecule has 1 aromatic heterocycles. The van der Waals surface area contributed by atoms with E-state index in [4.69, 9.17) is 14.2 Å². The summed E-state index contributed by atoms with van der Waals surface area (Å²) < 4.78 is 31.8. The number of ether oxygens (including phenoxy) is 3. The lowest BCUT2D eigenvalue weighted by Gasteiger charge is -2.24. The lowest BCUT2D eigenvalue weighted by Crippen LogP contribution is -2.29. The monoisotopic (exact) mass is 590 g/mol. The van der Waals surface area contributed by atoms with Crippen LogP contribution in [0.1, 0.15) is 50.8 Å². The van der Waals surface area contributed by atoms with E-state index in [1.807, 2.05) is 20.8 Å². The molecule has 42 heavy (non-hydrogen) atoms. The van der Waals surface area contributed by atoms with Crippen molar-refractivity contribution in [3.05, 3.63) is 83.2 Å². The standard InChI is InChI=1S/C32H31FN2O6S/c1-4-15-40-22-11-7-19(8-12-22)29(36)27-28(20-9-14-24(41-16-5-2)25(17-20)39-6-3)35(31(38)30(27)37)32-34-23-13-10-21(33)18-26(23)42-32/h7-14,17-18,28,36H,4-6,15-16H2,1-3H3/b29-27+. The van der Waals surface area contributed by atoms with E-state index in [0.717, 1.165) is 24.2 Å². The molecule has 1 saturated heterocycles. The number of nitrogens with zero attached hydrogens (tertiary/aromatic N) is 2. The quantitative estimate of drug-likeness (QED) is 0.114. The summed E-state index contributed by atoms with van der Waals surface area (Å²) in [7, 11) is 0. The molecule has 1 aliphatic rings. The van der Waals surface area contributed by atoms with Gasteiger partial charge >= 0.3 is 5.91 Å². The van der Waals surface area contributed by atoms with Gasteiger partial charge in [-0.05, 0) is 79.9 Å². The highest BCUT2D eigenvalue weighted by atomic mass is 32.1. The molecule has 1 aliphatic heterocycles. The van der Waals surface area contributed by atoms with Gasteiger partial charge in [-0.3, -0.25) is 14.5 Å². The minimum Gasteiger partial charge on any atom is -0.507 e. The van der Waals surface area contributed by atoms with Crippen molar-refractivity contribution in [1.29, 1.82) is 0 Å². The van der Waals surface area contributed by atoms with Crippen LogP contribution >= 0.6 is 11.3 Å². The Morgan fingerprint density at radius 1 is 0.929 bits per heavy atom. The van der Waals surface area contributed by atoms with Crippen LogP contribution in [0.15, 0.2) is 66.2 Å². The van der Waals surface area contributed by atoms with Crippen LogP contribution in [0.25, 0.3) is 16.0 Å². The summed E-state index contributed by atoms with van der Waals surface area (Å²) in [4.78, 5) is 33.0. The molecular weight excluding hydrogens is 559 g/mol. The Labute approximate surface area is 247 Å². The molecule has 1 unspecified atom stereocenters. The Balaban J connectivity index is 1.67. The van der Waals surface area contributed by atoms with Crippen LogP contribution in [0.4, 0.5) is 9.52 Å². The van der Waals surface area contributed by atoms with Crippen molar-refractivity contribution in [2.24, 2.45) is 0 Å². The van der Waals surface area contributed by atoms with E-state index in [-0.39, 0.29) is 16.5 Å². The zero-order chi connectivity index (χ0) is 29.8. The number of fused-ring (bicyclic) bond motifs is 1. The second-order valence-electron chi connectivity index (χ2n) is 9.64. The summed E-state index contributed by atoms with van der Waals surface area (Å²) in [6.07, 6.45) is 1.64. The maximum Gasteiger partial charge on any atom is 0.301 e. The normalized spacial score (nSPS) is 16.3. The molecular formula is C32H31FN2O6S. The SMILES string of the molecule is CCCOc1ccc(/C(O)=C2\C(=O)C(=O)N(c3nc4ccc(F)cc4s3)C2c2ccc(OCCC)c(OCC)c2)cc1. The number of anilines is 1. The van der Waals surface area contributed by atoms with Crippen LogP contribution in [-0.2, 0) is 9.59 Å². The number of Topliss-reactive ketones (excluding diaryl/α,β-unsaturated/α-hetero) is 1. The summed E-state index contributed by atoms with van der Waals surface area (Å²) in [5.41, 5.74) is 1.24. The molecule has 1 atom stereocenters. The Kier molecular flexibility index (Phi) is 8.72. The van der Waals surface area contributed by atoms with Gasteiger partial charge in [0.1, 0.15) is 17.3 Å². The van der Waals surface area contributed by atoms with E-state index in [0.29, 0.717) is 58.4 Å². The smallest absolute Gasteiger partial charge is 0.301 e. The maximum atomic E-state index is 14.0.